The number of hydrogen-bond acceptors (Lipinski definition) is 5. The maximum atomic E-state index is 13.8. The minimum absolute atomic E-state index is 0.0179. The first-order valence-corrected chi connectivity index (χ1v) is 11.7. The van der Waals surface area contributed by atoms with Crippen molar-refractivity contribution in [2.75, 3.05) is 36.5 Å². The molecule has 6 heteroatoms. The van der Waals surface area contributed by atoms with Gasteiger partial charge in [-0.25, -0.2) is 4.98 Å². The number of ether oxygens (including phenoxy) is 1. The highest BCUT2D eigenvalue weighted by Gasteiger charge is 2.35. The molecule has 3 aromatic carbocycles. The second kappa shape index (κ2) is 8.80. The van der Waals surface area contributed by atoms with Gasteiger partial charge >= 0.3 is 0 Å². The Hall–Kier alpha value is -3.90. The second-order valence-electron chi connectivity index (χ2n) is 8.70. The number of carbonyl (C=O) groups excluding carboxylic acids is 1. The molecule has 170 valence electrons. The normalized spacial score (nSPS) is 18.0. The molecule has 1 saturated heterocycles. The zero-order valence-corrected chi connectivity index (χ0v) is 18.9. The Morgan fingerprint density at radius 2 is 1.65 bits per heavy atom. The lowest BCUT2D eigenvalue weighted by atomic mass is 10.0. The van der Waals surface area contributed by atoms with Gasteiger partial charge in [-0.15, -0.1) is 0 Å². The molecule has 2 aliphatic heterocycles. The van der Waals surface area contributed by atoms with Gasteiger partial charge < -0.3 is 19.9 Å². The van der Waals surface area contributed by atoms with Gasteiger partial charge in [0.1, 0.15) is 12.0 Å². The number of nitrogens with zero attached hydrogens (tertiary/aromatic N) is 3. The first kappa shape index (κ1) is 20.7. The molecule has 1 N–H and O–H groups in total. The van der Waals surface area contributed by atoms with Crippen LogP contribution >= 0.6 is 0 Å². The molecule has 1 unspecified atom stereocenters. The number of amides is 1. The number of aromatic nitrogens is 1. The average molecular weight is 451 g/mol. The van der Waals surface area contributed by atoms with Crippen LogP contribution in [0.2, 0.25) is 0 Å². The molecule has 0 aliphatic carbocycles. The smallest absolute Gasteiger partial charge is 0.258 e. The lowest BCUT2D eigenvalue weighted by Gasteiger charge is -2.40. The summed E-state index contributed by atoms with van der Waals surface area (Å²) >= 11 is 0. The Bertz CT molecular complexity index is 1330. The van der Waals surface area contributed by atoms with Crippen LogP contribution in [0.1, 0.15) is 27.7 Å². The molecule has 0 saturated carbocycles. The number of nitrogens with one attached hydrogen (secondary N) is 1. The summed E-state index contributed by atoms with van der Waals surface area (Å²) in [4.78, 5) is 23.1. The van der Waals surface area contributed by atoms with Crippen LogP contribution in [-0.4, -0.2) is 42.1 Å². The van der Waals surface area contributed by atoms with Gasteiger partial charge in [-0.2, -0.15) is 0 Å². The lowest BCUT2D eigenvalue weighted by Crippen LogP contribution is -2.44. The number of carbonyl (C=O) groups is 1. The predicted molar refractivity (Wildman–Crippen MR) is 134 cm³/mol. The first-order chi connectivity index (χ1) is 16.8. The maximum absolute atomic E-state index is 13.8. The highest BCUT2D eigenvalue weighted by atomic mass is 16.5. The van der Waals surface area contributed by atoms with Gasteiger partial charge in [0.15, 0.2) is 0 Å². The lowest BCUT2D eigenvalue weighted by molar-refractivity contribution is 0.0666. The van der Waals surface area contributed by atoms with Crippen molar-refractivity contribution in [3.8, 4) is 0 Å². The third-order valence-electron chi connectivity index (χ3n) is 6.56. The zero-order chi connectivity index (χ0) is 22.9. The van der Waals surface area contributed by atoms with Crippen LogP contribution < -0.4 is 10.2 Å². The summed E-state index contributed by atoms with van der Waals surface area (Å²) in [6.45, 7) is 3.38. The fourth-order valence-corrected chi connectivity index (χ4v) is 4.83. The number of benzene rings is 3. The summed E-state index contributed by atoms with van der Waals surface area (Å²) in [5.74, 6) is 0.925. The third-order valence-corrected chi connectivity index (χ3v) is 6.56. The molecule has 4 aromatic rings. The molecule has 1 fully saturated rings. The van der Waals surface area contributed by atoms with Crippen LogP contribution in [0, 0.1) is 0 Å². The van der Waals surface area contributed by atoms with Crippen molar-refractivity contribution in [3.63, 3.8) is 0 Å². The molecular weight excluding hydrogens is 424 g/mol. The number of morpholine rings is 1. The monoisotopic (exact) mass is 450 g/mol. The topological polar surface area (TPSA) is 57.7 Å². The Labute approximate surface area is 198 Å². The van der Waals surface area contributed by atoms with E-state index in [1.165, 1.54) is 0 Å². The Morgan fingerprint density at radius 3 is 2.50 bits per heavy atom. The molecule has 6 nitrogen and oxygen atoms in total. The van der Waals surface area contributed by atoms with E-state index in [0.717, 1.165) is 46.6 Å². The molecule has 1 amide bonds. The van der Waals surface area contributed by atoms with Crippen LogP contribution in [0.5, 0.6) is 0 Å². The number of anilines is 2. The van der Waals surface area contributed by atoms with Crippen molar-refractivity contribution < 1.29 is 9.53 Å². The molecule has 2 aliphatic rings. The third kappa shape index (κ3) is 3.76. The molecule has 34 heavy (non-hydrogen) atoms. The minimum Gasteiger partial charge on any atom is -0.378 e. The molecule has 6 rings (SSSR count). The molecule has 1 aromatic heterocycles. The first-order valence-electron chi connectivity index (χ1n) is 11.7. The quantitative estimate of drug-likeness (QED) is 0.482. The van der Waals surface area contributed by atoms with Gasteiger partial charge in [-0.3, -0.25) is 4.79 Å². The number of pyridine rings is 1. The van der Waals surface area contributed by atoms with Crippen molar-refractivity contribution in [1.82, 2.24) is 9.88 Å². The van der Waals surface area contributed by atoms with E-state index in [1.54, 1.807) is 0 Å². The number of para-hydroxylation sites is 2. The van der Waals surface area contributed by atoms with E-state index >= 15 is 0 Å². The molecule has 0 spiro atoms. The van der Waals surface area contributed by atoms with Crippen molar-refractivity contribution in [1.29, 1.82) is 0 Å². The van der Waals surface area contributed by atoms with Crippen LogP contribution in [0.4, 0.5) is 11.5 Å². The largest absolute Gasteiger partial charge is 0.378 e. The predicted octanol–water partition coefficient (Wildman–Crippen LogP) is 4.84. The SMILES string of the molecule is O=C1c2ccccc2NC(c2cc3ccccc3nc2N2CCOCC2)N1Cc1ccccc1. The van der Waals surface area contributed by atoms with Gasteiger partial charge in [0.25, 0.3) is 5.91 Å². The molecular formula is C28H26N4O2. The zero-order valence-electron chi connectivity index (χ0n) is 18.9. The Balaban J connectivity index is 1.51. The van der Waals surface area contributed by atoms with Crippen molar-refractivity contribution in [2.24, 2.45) is 0 Å². The Kier molecular flexibility index (Phi) is 5.35. The van der Waals surface area contributed by atoms with Crippen molar-refractivity contribution in [3.05, 3.63) is 102 Å². The Morgan fingerprint density at radius 1 is 0.912 bits per heavy atom. The van der Waals surface area contributed by atoms with Gasteiger partial charge in [0.2, 0.25) is 0 Å². The van der Waals surface area contributed by atoms with E-state index in [2.05, 4.69) is 34.5 Å². The maximum Gasteiger partial charge on any atom is 0.258 e. The second-order valence-corrected chi connectivity index (χ2v) is 8.70. The van der Waals surface area contributed by atoms with E-state index in [0.29, 0.717) is 25.3 Å². The number of fused-ring (bicyclic) bond motifs is 2. The van der Waals surface area contributed by atoms with Gasteiger partial charge in [-0.1, -0.05) is 60.7 Å². The number of hydrogen-bond donors (Lipinski definition) is 1. The van der Waals surface area contributed by atoms with E-state index in [-0.39, 0.29) is 12.1 Å². The van der Waals surface area contributed by atoms with Gasteiger partial charge in [0, 0.05) is 36.3 Å². The van der Waals surface area contributed by atoms with Crippen LogP contribution in [0.15, 0.2) is 84.9 Å². The molecule has 1 atom stereocenters. The molecule has 0 bridgehead atoms. The summed E-state index contributed by atoms with van der Waals surface area (Å²) in [6, 6.07) is 28.2. The average Bonchev–Trinajstić information content (AvgIpc) is 2.90. The fraction of sp³-hybridized carbons (Fsp3) is 0.214. The van der Waals surface area contributed by atoms with E-state index in [1.807, 2.05) is 65.6 Å². The van der Waals surface area contributed by atoms with Crippen molar-refractivity contribution >= 4 is 28.3 Å². The fourth-order valence-electron chi connectivity index (χ4n) is 4.83. The van der Waals surface area contributed by atoms with E-state index < -0.39 is 0 Å². The van der Waals surface area contributed by atoms with Crippen LogP contribution in [0.25, 0.3) is 10.9 Å². The standard InChI is InChI=1S/C28H26N4O2/c33-28-22-11-5-7-13-25(22)30-27(32(28)19-20-8-2-1-3-9-20)23-18-21-10-4-6-12-24(21)29-26(23)31-14-16-34-17-15-31/h1-13,18,27,30H,14-17,19H2. The van der Waals surface area contributed by atoms with Gasteiger partial charge in [-0.05, 0) is 29.8 Å². The molecule has 3 heterocycles. The number of rotatable bonds is 4. The van der Waals surface area contributed by atoms with Crippen LogP contribution in [-0.2, 0) is 11.3 Å². The molecule has 0 radical (unpaired) electrons. The van der Waals surface area contributed by atoms with Gasteiger partial charge in [0.05, 0.1) is 24.3 Å². The van der Waals surface area contributed by atoms with E-state index in [4.69, 9.17) is 9.72 Å². The summed E-state index contributed by atoms with van der Waals surface area (Å²) in [6.07, 6.45) is -0.349. The van der Waals surface area contributed by atoms with Crippen molar-refractivity contribution in [2.45, 2.75) is 12.7 Å². The minimum atomic E-state index is -0.349. The highest BCUT2D eigenvalue weighted by molar-refractivity contribution is 6.02. The highest BCUT2D eigenvalue weighted by Crippen LogP contribution is 2.38. The summed E-state index contributed by atoms with van der Waals surface area (Å²) in [7, 11) is 0. The van der Waals surface area contributed by atoms with E-state index in [9.17, 15) is 4.79 Å². The summed E-state index contributed by atoms with van der Waals surface area (Å²) in [5.41, 5.74) is 4.58. The van der Waals surface area contributed by atoms with Crippen LogP contribution in [0.3, 0.4) is 0 Å². The summed E-state index contributed by atoms with van der Waals surface area (Å²) < 4.78 is 5.61. The summed E-state index contributed by atoms with van der Waals surface area (Å²) in [5, 5.41) is 4.72.